The van der Waals surface area contributed by atoms with E-state index < -0.39 is 0 Å². The number of pyridine rings is 1. The maximum atomic E-state index is 12.4. The molecule has 3 heterocycles. The van der Waals surface area contributed by atoms with Crippen LogP contribution in [0.3, 0.4) is 0 Å². The number of carbonyl (C=O) groups is 1. The van der Waals surface area contributed by atoms with Crippen molar-refractivity contribution in [1.82, 2.24) is 25.3 Å². The first-order chi connectivity index (χ1) is 16.7. The molecule has 9 heteroatoms. The number of carbonyl (C=O) groups excluding carboxylic acids is 1. The van der Waals surface area contributed by atoms with Gasteiger partial charge in [0.25, 0.3) is 0 Å². The third-order valence-electron chi connectivity index (χ3n) is 6.09. The number of rotatable bonds is 6. The van der Waals surface area contributed by atoms with Crippen LogP contribution in [0.1, 0.15) is 43.1 Å². The van der Waals surface area contributed by atoms with Crippen LogP contribution in [0, 0.1) is 0 Å². The third-order valence-corrected chi connectivity index (χ3v) is 6.09. The Morgan fingerprint density at radius 1 is 1.15 bits per heavy atom. The molecule has 3 aromatic rings. The second kappa shape index (κ2) is 11.6. The lowest BCUT2D eigenvalue weighted by Crippen LogP contribution is -2.31. The fourth-order valence-electron chi connectivity index (χ4n) is 4.29. The summed E-state index contributed by atoms with van der Waals surface area (Å²) in [5.74, 6) is 2.70. The molecule has 1 N–H and O–H groups in total. The average Bonchev–Trinajstić information content (AvgIpc) is 3.35. The second-order valence-corrected chi connectivity index (χ2v) is 8.35. The molecule has 9 nitrogen and oxygen atoms in total. The van der Waals surface area contributed by atoms with Crippen LogP contribution in [-0.4, -0.2) is 59.8 Å². The molecule has 1 aliphatic rings. The summed E-state index contributed by atoms with van der Waals surface area (Å²) in [7, 11) is 3.28. The lowest BCUT2D eigenvalue weighted by Gasteiger charge is -2.24. The summed E-state index contributed by atoms with van der Waals surface area (Å²) < 4.78 is 16.7. The Bertz CT molecular complexity index is 1070. The largest absolute Gasteiger partial charge is 0.493 e. The van der Waals surface area contributed by atoms with Crippen molar-refractivity contribution in [2.24, 2.45) is 0 Å². The van der Waals surface area contributed by atoms with Crippen molar-refractivity contribution in [2.75, 3.05) is 33.9 Å². The molecule has 1 atom stereocenters. The minimum absolute atomic E-state index is 0.0461. The van der Waals surface area contributed by atoms with Gasteiger partial charge in [0.2, 0.25) is 17.6 Å². The maximum absolute atomic E-state index is 12.4. The smallest absolute Gasteiger partial charge is 0.230 e. The quantitative estimate of drug-likeness (QED) is 0.591. The molecule has 0 spiro atoms. The Kier molecular flexibility index (Phi) is 8.08. The summed E-state index contributed by atoms with van der Waals surface area (Å²) in [6, 6.07) is 9.64. The summed E-state index contributed by atoms with van der Waals surface area (Å²) in [6.07, 6.45) is 6.46. The molecule has 0 aliphatic carbocycles. The molecule has 1 unspecified atom stereocenters. The number of amides is 1. The van der Waals surface area contributed by atoms with Crippen LogP contribution in [0.15, 0.2) is 47.2 Å². The molecule has 1 aliphatic heterocycles. The summed E-state index contributed by atoms with van der Waals surface area (Å²) >= 11 is 0. The molecule has 1 aromatic carbocycles. The van der Waals surface area contributed by atoms with Gasteiger partial charge < -0.3 is 19.3 Å². The molecule has 0 saturated carbocycles. The van der Waals surface area contributed by atoms with Crippen molar-refractivity contribution in [3.8, 4) is 22.9 Å². The van der Waals surface area contributed by atoms with Gasteiger partial charge in [-0.25, -0.2) is 0 Å². The van der Waals surface area contributed by atoms with E-state index in [4.69, 9.17) is 14.0 Å². The van der Waals surface area contributed by atoms with Crippen molar-refractivity contribution < 1.29 is 18.8 Å². The minimum Gasteiger partial charge on any atom is -0.493 e. The predicted molar refractivity (Wildman–Crippen MR) is 127 cm³/mol. The van der Waals surface area contributed by atoms with Crippen molar-refractivity contribution in [3.05, 3.63) is 54.2 Å². The lowest BCUT2D eigenvalue weighted by atomic mass is 9.99. The van der Waals surface area contributed by atoms with Gasteiger partial charge >= 0.3 is 0 Å². The second-order valence-electron chi connectivity index (χ2n) is 8.35. The fraction of sp³-hybridized carbons (Fsp3) is 0.440. The SMILES string of the molecule is COc1cccc(CN2CCCC(c3nc(-c4cccnc4)no3)CCNC(=O)CC2)c1OC. The highest BCUT2D eigenvalue weighted by Crippen LogP contribution is 2.32. The Labute approximate surface area is 199 Å². The zero-order valence-electron chi connectivity index (χ0n) is 19.7. The summed E-state index contributed by atoms with van der Waals surface area (Å²) in [5, 5.41) is 7.18. The number of methoxy groups -OCH3 is 2. The molecular formula is C25H31N5O4. The van der Waals surface area contributed by atoms with Gasteiger partial charge in [0.05, 0.1) is 14.2 Å². The van der Waals surface area contributed by atoms with Crippen LogP contribution in [0.25, 0.3) is 11.4 Å². The van der Waals surface area contributed by atoms with E-state index >= 15 is 0 Å². The molecule has 4 rings (SSSR count). The molecular weight excluding hydrogens is 434 g/mol. The summed E-state index contributed by atoms with van der Waals surface area (Å²) in [6.45, 7) is 2.76. The van der Waals surface area contributed by atoms with Gasteiger partial charge in [-0.2, -0.15) is 4.98 Å². The Morgan fingerprint density at radius 3 is 2.85 bits per heavy atom. The zero-order valence-corrected chi connectivity index (χ0v) is 19.7. The normalized spacial score (nSPS) is 18.1. The van der Waals surface area contributed by atoms with Crippen LogP contribution < -0.4 is 14.8 Å². The monoisotopic (exact) mass is 465 g/mol. The third kappa shape index (κ3) is 5.91. The number of nitrogens with zero attached hydrogens (tertiary/aromatic N) is 4. The van der Waals surface area contributed by atoms with E-state index in [2.05, 4.69) is 25.3 Å². The topological polar surface area (TPSA) is 103 Å². The standard InChI is InChI=1S/C25H31N5O4/c1-32-21-9-3-6-20(23(21)33-2)17-30-14-5-8-18(10-13-27-22(31)11-15-30)25-28-24(29-34-25)19-7-4-12-26-16-19/h3-4,6-7,9,12,16,18H,5,8,10-11,13-15,17H2,1-2H3,(H,27,31). The number of aromatic nitrogens is 3. The van der Waals surface area contributed by atoms with E-state index in [1.54, 1.807) is 26.6 Å². The molecule has 2 aromatic heterocycles. The maximum Gasteiger partial charge on any atom is 0.230 e. The molecule has 0 bridgehead atoms. The van der Waals surface area contributed by atoms with Crippen LogP contribution in [-0.2, 0) is 11.3 Å². The van der Waals surface area contributed by atoms with Crippen molar-refractivity contribution in [3.63, 3.8) is 0 Å². The number of hydrogen-bond acceptors (Lipinski definition) is 8. The van der Waals surface area contributed by atoms with E-state index in [1.165, 1.54) is 0 Å². The van der Waals surface area contributed by atoms with E-state index in [1.807, 2.05) is 30.3 Å². The summed E-state index contributed by atoms with van der Waals surface area (Å²) in [5.41, 5.74) is 1.85. The van der Waals surface area contributed by atoms with E-state index in [-0.39, 0.29) is 11.8 Å². The average molecular weight is 466 g/mol. The first kappa shape index (κ1) is 23.7. The molecule has 0 radical (unpaired) electrons. The first-order valence-electron chi connectivity index (χ1n) is 11.6. The van der Waals surface area contributed by atoms with E-state index in [0.717, 1.165) is 42.7 Å². The highest BCUT2D eigenvalue weighted by atomic mass is 16.5. The van der Waals surface area contributed by atoms with E-state index in [9.17, 15) is 4.79 Å². The first-order valence-corrected chi connectivity index (χ1v) is 11.6. The minimum atomic E-state index is 0.0461. The molecule has 1 amide bonds. The Balaban J connectivity index is 1.47. The van der Waals surface area contributed by atoms with E-state index in [0.29, 0.717) is 43.5 Å². The fourth-order valence-corrected chi connectivity index (χ4v) is 4.29. The van der Waals surface area contributed by atoms with Gasteiger partial charge in [0, 0.05) is 55.5 Å². The molecule has 1 saturated heterocycles. The van der Waals surface area contributed by atoms with Gasteiger partial charge in [-0.1, -0.05) is 17.3 Å². The van der Waals surface area contributed by atoms with Gasteiger partial charge in [-0.3, -0.25) is 14.7 Å². The summed E-state index contributed by atoms with van der Waals surface area (Å²) in [4.78, 5) is 23.5. The van der Waals surface area contributed by atoms with Crippen LogP contribution in [0.4, 0.5) is 0 Å². The number of nitrogens with one attached hydrogen (secondary N) is 1. The lowest BCUT2D eigenvalue weighted by molar-refractivity contribution is -0.121. The number of benzene rings is 1. The number of hydrogen-bond donors (Lipinski definition) is 1. The van der Waals surface area contributed by atoms with Crippen molar-refractivity contribution in [1.29, 1.82) is 0 Å². The molecule has 180 valence electrons. The Hall–Kier alpha value is -3.46. The molecule has 1 fully saturated rings. The van der Waals surface area contributed by atoms with Crippen LogP contribution in [0.5, 0.6) is 11.5 Å². The number of ether oxygens (including phenoxy) is 2. The Morgan fingerprint density at radius 2 is 2.06 bits per heavy atom. The van der Waals surface area contributed by atoms with Gasteiger partial charge in [-0.15, -0.1) is 0 Å². The predicted octanol–water partition coefficient (Wildman–Crippen LogP) is 3.42. The van der Waals surface area contributed by atoms with Gasteiger partial charge in [-0.05, 0) is 44.0 Å². The van der Waals surface area contributed by atoms with Gasteiger partial charge in [0.1, 0.15) is 0 Å². The van der Waals surface area contributed by atoms with Crippen LogP contribution >= 0.6 is 0 Å². The zero-order chi connectivity index (χ0) is 23.8. The van der Waals surface area contributed by atoms with Crippen molar-refractivity contribution >= 4 is 5.91 Å². The number of para-hydroxylation sites is 1. The highest BCUT2D eigenvalue weighted by Gasteiger charge is 2.22. The van der Waals surface area contributed by atoms with Crippen LogP contribution in [0.2, 0.25) is 0 Å². The van der Waals surface area contributed by atoms with Gasteiger partial charge in [0.15, 0.2) is 11.5 Å². The highest BCUT2D eigenvalue weighted by molar-refractivity contribution is 5.76. The molecule has 34 heavy (non-hydrogen) atoms. The van der Waals surface area contributed by atoms with Crippen molar-refractivity contribution in [2.45, 2.75) is 38.1 Å².